The van der Waals surface area contributed by atoms with Crippen molar-refractivity contribution < 1.29 is 0 Å². The van der Waals surface area contributed by atoms with E-state index in [-0.39, 0.29) is 16.8 Å². The van der Waals surface area contributed by atoms with Gasteiger partial charge in [0.1, 0.15) is 23.0 Å². The van der Waals surface area contributed by atoms with Crippen molar-refractivity contribution in [2.75, 3.05) is 12.4 Å². The average molecular weight is 564 g/mol. The maximum absolute atomic E-state index is 11.1. The van der Waals surface area contributed by atoms with Crippen molar-refractivity contribution >= 4 is 28.1 Å². The second-order valence-corrected chi connectivity index (χ2v) is 8.46. The number of aromatic amines is 6. The Balaban J connectivity index is 0.000000151. The lowest BCUT2D eigenvalue weighted by molar-refractivity contribution is 1.01. The van der Waals surface area contributed by atoms with Crippen molar-refractivity contribution in [1.29, 1.82) is 0 Å². The summed E-state index contributed by atoms with van der Waals surface area (Å²) in [5.41, 5.74) is 3.65. The summed E-state index contributed by atoms with van der Waals surface area (Å²) in [6.07, 6.45) is 5.99. The summed E-state index contributed by atoms with van der Waals surface area (Å²) in [6, 6.07) is 0. The smallest absolute Gasteiger partial charge is 0.346 e. The molecule has 17 heteroatoms. The van der Waals surface area contributed by atoms with Crippen LogP contribution in [0.5, 0.6) is 0 Å². The minimum atomic E-state index is -0.467. The van der Waals surface area contributed by atoms with Crippen LogP contribution in [0.4, 0.5) is 5.82 Å². The first-order valence-electron chi connectivity index (χ1n) is 12.0. The van der Waals surface area contributed by atoms with Crippen LogP contribution in [-0.4, -0.2) is 66.9 Å². The summed E-state index contributed by atoms with van der Waals surface area (Å²) in [4.78, 5) is 81.5. The minimum Gasteiger partial charge on any atom is -0.374 e. The van der Waals surface area contributed by atoms with Gasteiger partial charge in [-0.15, -0.1) is 0 Å². The molecule has 0 saturated carbocycles. The predicted octanol–water partition coefficient (Wildman–Crippen LogP) is 0.416. The van der Waals surface area contributed by atoms with E-state index in [9.17, 15) is 19.2 Å². The van der Waals surface area contributed by atoms with Crippen molar-refractivity contribution in [2.24, 2.45) is 0 Å². The molecule has 0 spiro atoms. The highest BCUT2D eigenvalue weighted by atomic mass is 16.2. The van der Waals surface area contributed by atoms with E-state index in [4.69, 9.17) is 0 Å². The SMILES string of the molecule is CNc1[nH]c(=O)ncc1C.Cc1c[nH]c(=O)[nH]c1=O.Cc1nc(C)c2[nH]cnc2n1.Cc1nc2nc[nH]c2c(=O)[nH]1. The predicted molar refractivity (Wildman–Crippen MR) is 152 cm³/mol. The summed E-state index contributed by atoms with van der Waals surface area (Å²) in [5.74, 6) is 2.07. The van der Waals surface area contributed by atoms with Crippen LogP contribution in [0.2, 0.25) is 0 Å². The molecule has 0 aromatic carbocycles. The number of hydrogen-bond donors (Lipinski definition) is 7. The third-order valence-electron chi connectivity index (χ3n) is 5.25. The van der Waals surface area contributed by atoms with E-state index in [2.05, 4.69) is 65.1 Å². The van der Waals surface area contributed by atoms with Gasteiger partial charge in [0.15, 0.2) is 16.8 Å². The number of fused-ring (bicyclic) bond motifs is 2. The minimum absolute atomic E-state index is 0.176. The molecular weight excluding hydrogens is 534 g/mol. The van der Waals surface area contributed by atoms with E-state index >= 15 is 0 Å². The molecular formula is C24H29N13O4. The summed E-state index contributed by atoms with van der Waals surface area (Å²) in [7, 11) is 1.75. The van der Waals surface area contributed by atoms with Crippen LogP contribution in [0.15, 0.2) is 44.2 Å². The Kier molecular flexibility index (Phi) is 9.71. The molecule has 0 fully saturated rings. The fraction of sp³-hybridized carbons (Fsp3) is 0.250. The molecule has 0 unspecified atom stereocenters. The molecule has 7 N–H and O–H groups in total. The Hall–Kier alpha value is -5.74. The number of imidazole rings is 2. The van der Waals surface area contributed by atoms with E-state index in [1.54, 1.807) is 27.2 Å². The number of rotatable bonds is 1. The van der Waals surface area contributed by atoms with Crippen LogP contribution in [0.3, 0.4) is 0 Å². The van der Waals surface area contributed by atoms with Crippen molar-refractivity contribution in [3.63, 3.8) is 0 Å². The van der Waals surface area contributed by atoms with Gasteiger partial charge in [-0.2, -0.15) is 0 Å². The van der Waals surface area contributed by atoms with Gasteiger partial charge in [-0.1, -0.05) is 0 Å². The van der Waals surface area contributed by atoms with E-state index < -0.39 is 5.69 Å². The van der Waals surface area contributed by atoms with E-state index in [0.29, 0.717) is 22.6 Å². The number of aryl methyl sites for hydroxylation is 5. The van der Waals surface area contributed by atoms with Crippen LogP contribution >= 0.6 is 0 Å². The standard InChI is InChI=1S/C7H8N4.C6H6N4O.C6H9N3O.C5H6N2O2/c1-4-6-7(9-3-8-6)11-5(2)10-4;1-3-9-5-4(6(11)10-3)7-2-8-5;1-4-3-8-6(10)9-5(4)7-2;1-3-2-6-5(9)7-4(3)8/h3H,1-2H3,(H,8,9,10,11);2H,1H3,(H2,7,8,9,10,11);3H,1-2H3,(H2,7,8,9,10);2H,1H3,(H2,6,7,8,9). The lowest BCUT2D eigenvalue weighted by atomic mass is 10.3. The quantitative estimate of drug-likeness (QED) is 0.144. The van der Waals surface area contributed by atoms with Crippen LogP contribution < -0.4 is 27.8 Å². The highest BCUT2D eigenvalue weighted by molar-refractivity contribution is 5.72. The molecule has 17 nitrogen and oxygen atoms in total. The summed E-state index contributed by atoms with van der Waals surface area (Å²) in [6.45, 7) is 9.01. The van der Waals surface area contributed by atoms with E-state index in [0.717, 1.165) is 34.1 Å². The van der Waals surface area contributed by atoms with Gasteiger partial charge >= 0.3 is 11.4 Å². The van der Waals surface area contributed by atoms with Gasteiger partial charge in [0, 0.05) is 30.6 Å². The van der Waals surface area contributed by atoms with E-state index in [1.807, 2.05) is 20.8 Å². The molecule has 0 bridgehead atoms. The van der Waals surface area contributed by atoms with Crippen LogP contribution in [0, 0.1) is 34.6 Å². The number of nitrogens with one attached hydrogen (secondary N) is 7. The first kappa shape index (κ1) is 29.8. The van der Waals surface area contributed by atoms with Gasteiger partial charge in [-0.3, -0.25) is 19.6 Å². The first-order chi connectivity index (χ1) is 19.5. The second kappa shape index (κ2) is 13.4. The van der Waals surface area contributed by atoms with E-state index in [1.165, 1.54) is 18.7 Å². The monoisotopic (exact) mass is 563 g/mol. The first-order valence-corrected chi connectivity index (χ1v) is 12.0. The Morgan fingerprint density at radius 1 is 0.683 bits per heavy atom. The zero-order chi connectivity index (χ0) is 30.1. The zero-order valence-electron chi connectivity index (χ0n) is 23.1. The Bertz CT molecular complexity index is 2000. The van der Waals surface area contributed by atoms with Gasteiger partial charge in [0.2, 0.25) is 0 Å². The lowest BCUT2D eigenvalue weighted by Gasteiger charge is -2.00. The summed E-state index contributed by atoms with van der Waals surface area (Å²) < 4.78 is 0. The van der Waals surface area contributed by atoms with Gasteiger partial charge in [-0.25, -0.2) is 39.5 Å². The lowest BCUT2D eigenvalue weighted by Crippen LogP contribution is -2.22. The maximum atomic E-state index is 11.1. The largest absolute Gasteiger partial charge is 0.374 e. The number of hydrogen-bond acceptors (Lipinski definition) is 11. The number of anilines is 1. The fourth-order valence-corrected chi connectivity index (χ4v) is 3.26. The third kappa shape index (κ3) is 8.12. The molecule has 0 aliphatic heterocycles. The zero-order valence-corrected chi connectivity index (χ0v) is 23.1. The highest BCUT2D eigenvalue weighted by Gasteiger charge is 2.02. The molecule has 41 heavy (non-hydrogen) atoms. The van der Waals surface area contributed by atoms with Crippen molar-refractivity contribution in [1.82, 2.24) is 59.8 Å². The summed E-state index contributed by atoms with van der Waals surface area (Å²) >= 11 is 0. The van der Waals surface area contributed by atoms with Crippen molar-refractivity contribution in [3.8, 4) is 0 Å². The van der Waals surface area contributed by atoms with Gasteiger partial charge < -0.3 is 25.3 Å². The fourth-order valence-electron chi connectivity index (χ4n) is 3.26. The van der Waals surface area contributed by atoms with Gasteiger partial charge in [0.05, 0.1) is 18.3 Å². The van der Waals surface area contributed by atoms with Gasteiger partial charge in [0.25, 0.3) is 11.1 Å². The normalized spacial score (nSPS) is 10.1. The van der Waals surface area contributed by atoms with Crippen LogP contribution in [0.25, 0.3) is 22.3 Å². The molecule has 0 radical (unpaired) electrons. The Labute approximate surface area is 230 Å². The third-order valence-corrected chi connectivity index (χ3v) is 5.25. The molecule has 0 amide bonds. The van der Waals surface area contributed by atoms with Crippen LogP contribution in [0.1, 0.15) is 28.5 Å². The molecule has 0 aliphatic carbocycles. The molecule has 6 rings (SSSR count). The molecule has 0 atom stereocenters. The molecule has 6 heterocycles. The van der Waals surface area contributed by atoms with Gasteiger partial charge in [-0.05, 0) is 34.6 Å². The average Bonchev–Trinajstić information content (AvgIpc) is 3.59. The van der Waals surface area contributed by atoms with Crippen LogP contribution in [-0.2, 0) is 0 Å². The molecule has 0 aliphatic rings. The number of aromatic nitrogens is 12. The van der Waals surface area contributed by atoms with Crippen molar-refractivity contribution in [3.05, 3.63) is 95.2 Å². The highest BCUT2D eigenvalue weighted by Crippen LogP contribution is 2.08. The Morgan fingerprint density at radius 3 is 1.95 bits per heavy atom. The number of H-pyrrole nitrogens is 6. The van der Waals surface area contributed by atoms with Crippen molar-refractivity contribution in [2.45, 2.75) is 34.6 Å². The molecule has 6 aromatic rings. The molecule has 214 valence electrons. The second-order valence-electron chi connectivity index (χ2n) is 8.46. The molecule has 6 aromatic heterocycles. The number of nitrogens with zero attached hydrogens (tertiary/aromatic N) is 6. The maximum Gasteiger partial charge on any atom is 0.346 e. The summed E-state index contributed by atoms with van der Waals surface area (Å²) in [5, 5.41) is 2.84. The Morgan fingerprint density at radius 2 is 1.34 bits per heavy atom. The topological polar surface area (TPSA) is 252 Å². The molecule has 0 saturated heterocycles.